The molecule has 100 valence electrons. The van der Waals surface area contributed by atoms with E-state index in [1.54, 1.807) is 14.2 Å². The minimum Gasteiger partial charge on any atom is -0.384 e. The number of rotatable bonds is 6. The molecule has 0 heterocycles. The molecule has 1 atom stereocenters. The van der Waals surface area contributed by atoms with Crippen LogP contribution in [-0.4, -0.2) is 33.2 Å². The Bertz CT molecular complexity index is 405. The van der Waals surface area contributed by atoms with Gasteiger partial charge in [-0.2, -0.15) is 0 Å². The molecule has 0 bridgehead atoms. The molecule has 1 unspecified atom stereocenters. The number of carbonyl (C=O) groups is 1. The lowest BCUT2D eigenvalue weighted by molar-refractivity contribution is 0.0962. The summed E-state index contributed by atoms with van der Waals surface area (Å²) in [5, 5.41) is 6.00. The molecule has 0 aliphatic heterocycles. The first-order valence-electron chi connectivity index (χ1n) is 6.14. The predicted molar refractivity (Wildman–Crippen MR) is 74.1 cm³/mol. The molecule has 1 aromatic rings. The lowest BCUT2D eigenvalue weighted by atomic mass is 10.1. The zero-order valence-electron chi connectivity index (χ0n) is 11.5. The van der Waals surface area contributed by atoms with Gasteiger partial charge in [0.05, 0.1) is 6.61 Å². The van der Waals surface area contributed by atoms with Gasteiger partial charge in [0.2, 0.25) is 0 Å². The number of ether oxygens (including phenoxy) is 1. The highest BCUT2D eigenvalue weighted by atomic mass is 16.5. The van der Waals surface area contributed by atoms with Crippen molar-refractivity contribution in [3.8, 4) is 0 Å². The van der Waals surface area contributed by atoms with Crippen molar-refractivity contribution >= 4 is 11.6 Å². The average Bonchev–Trinajstić information content (AvgIpc) is 2.37. The molecule has 0 spiro atoms. The fourth-order valence-electron chi connectivity index (χ4n) is 1.84. The Hall–Kier alpha value is -1.55. The monoisotopic (exact) mass is 250 g/mol. The van der Waals surface area contributed by atoms with Crippen LogP contribution in [0.2, 0.25) is 0 Å². The van der Waals surface area contributed by atoms with Crippen molar-refractivity contribution < 1.29 is 9.53 Å². The van der Waals surface area contributed by atoms with Gasteiger partial charge in [0.25, 0.3) is 5.91 Å². The molecule has 0 saturated carbocycles. The number of methoxy groups -OCH3 is 1. The zero-order valence-corrected chi connectivity index (χ0v) is 11.5. The first kappa shape index (κ1) is 14.5. The molecule has 0 aliphatic carbocycles. The Labute approximate surface area is 109 Å². The van der Waals surface area contributed by atoms with E-state index < -0.39 is 0 Å². The largest absolute Gasteiger partial charge is 0.384 e. The van der Waals surface area contributed by atoms with E-state index >= 15 is 0 Å². The summed E-state index contributed by atoms with van der Waals surface area (Å²) in [6.45, 7) is 5.62. The van der Waals surface area contributed by atoms with Crippen molar-refractivity contribution in [2.24, 2.45) is 5.92 Å². The number of benzene rings is 1. The van der Waals surface area contributed by atoms with Gasteiger partial charge >= 0.3 is 0 Å². The lowest BCUT2D eigenvalue weighted by Gasteiger charge is -2.15. The van der Waals surface area contributed by atoms with E-state index in [1.165, 1.54) is 0 Å². The summed E-state index contributed by atoms with van der Waals surface area (Å²) in [5.74, 6) is 0.374. The second-order valence-electron chi connectivity index (χ2n) is 4.50. The third-order valence-electron chi connectivity index (χ3n) is 2.90. The Morgan fingerprint density at radius 1 is 1.44 bits per heavy atom. The fraction of sp³-hybridized carbons (Fsp3) is 0.500. The van der Waals surface area contributed by atoms with Crippen LogP contribution in [0, 0.1) is 12.8 Å². The topological polar surface area (TPSA) is 50.4 Å². The summed E-state index contributed by atoms with van der Waals surface area (Å²) in [5.41, 5.74) is 2.68. The fourth-order valence-corrected chi connectivity index (χ4v) is 1.84. The highest BCUT2D eigenvalue weighted by Gasteiger charge is 2.10. The van der Waals surface area contributed by atoms with Crippen LogP contribution in [0.3, 0.4) is 0 Å². The molecule has 4 nitrogen and oxygen atoms in total. The molecular weight excluding hydrogens is 228 g/mol. The van der Waals surface area contributed by atoms with Crippen LogP contribution in [0.4, 0.5) is 5.69 Å². The first-order valence-corrected chi connectivity index (χ1v) is 6.14. The molecule has 1 aromatic carbocycles. The van der Waals surface area contributed by atoms with Crippen LogP contribution in [0.25, 0.3) is 0 Å². The third-order valence-corrected chi connectivity index (χ3v) is 2.90. The number of hydrogen-bond donors (Lipinski definition) is 2. The molecule has 0 fully saturated rings. The van der Waals surface area contributed by atoms with Gasteiger partial charge < -0.3 is 15.4 Å². The molecule has 0 saturated heterocycles. The van der Waals surface area contributed by atoms with Gasteiger partial charge in [-0.15, -0.1) is 0 Å². The minimum absolute atomic E-state index is 0.0545. The van der Waals surface area contributed by atoms with E-state index in [4.69, 9.17) is 4.74 Å². The predicted octanol–water partition coefficient (Wildman–Crippen LogP) is 2.05. The second-order valence-corrected chi connectivity index (χ2v) is 4.50. The molecule has 0 aromatic heterocycles. The maximum atomic E-state index is 11.7. The molecule has 4 heteroatoms. The summed E-state index contributed by atoms with van der Waals surface area (Å²) in [6.07, 6.45) is 0. The molecule has 0 radical (unpaired) electrons. The van der Waals surface area contributed by atoms with Crippen LogP contribution in [0.15, 0.2) is 18.2 Å². The normalized spacial score (nSPS) is 12.0. The van der Waals surface area contributed by atoms with Crippen molar-refractivity contribution in [2.45, 2.75) is 13.8 Å². The average molecular weight is 250 g/mol. The van der Waals surface area contributed by atoms with E-state index in [2.05, 4.69) is 17.6 Å². The highest BCUT2D eigenvalue weighted by molar-refractivity contribution is 5.96. The van der Waals surface area contributed by atoms with Crippen molar-refractivity contribution in [2.75, 3.05) is 32.6 Å². The Kier molecular flexibility index (Phi) is 5.65. The molecule has 1 rings (SSSR count). The minimum atomic E-state index is -0.0545. The Balaban J connectivity index is 2.75. The Morgan fingerprint density at radius 3 is 2.78 bits per heavy atom. The van der Waals surface area contributed by atoms with Crippen molar-refractivity contribution in [3.63, 3.8) is 0 Å². The molecule has 18 heavy (non-hydrogen) atoms. The number of carbonyl (C=O) groups excluding carboxylic acids is 1. The van der Waals surface area contributed by atoms with Crippen LogP contribution < -0.4 is 10.6 Å². The van der Waals surface area contributed by atoms with Gasteiger partial charge in [0, 0.05) is 32.0 Å². The molecular formula is C14H22N2O2. The molecule has 1 amide bonds. The van der Waals surface area contributed by atoms with E-state index in [-0.39, 0.29) is 5.91 Å². The van der Waals surface area contributed by atoms with Crippen LogP contribution in [-0.2, 0) is 4.74 Å². The van der Waals surface area contributed by atoms with Crippen LogP contribution >= 0.6 is 0 Å². The summed E-state index contributed by atoms with van der Waals surface area (Å²) >= 11 is 0. The zero-order chi connectivity index (χ0) is 13.5. The molecule has 2 N–H and O–H groups in total. The number of hydrogen-bond acceptors (Lipinski definition) is 3. The summed E-state index contributed by atoms with van der Waals surface area (Å²) in [4.78, 5) is 11.7. The maximum absolute atomic E-state index is 11.7. The van der Waals surface area contributed by atoms with Gasteiger partial charge in [0.1, 0.15) is 0 Å². The summed E-state index contributed by atoms with van der Waals surface area (Å²) in [7, 11) is 3.34. The van der Waals surface area contributed by atoms with Crippen molar-refractivity contribution in [1.29, 1.82) is 0 Å². The van der Waals surface area contributed by atoms with Gasteiger partial charge in [-0.05, 0) is 30.5 Å². The van der Waals surface area contributed by atoms with E-state index in [1.807, 2.05) is 25.1 Å². The van der Waals surface area contributed by atoms with E-state index in [9.17, 15) is 4.79 Å². The number of anilines is 1. The summed E-state index contributed by atoms with van der Waals surface area (Å²) in [6, 6.07) is 5.71. The third kappa shape index (κ3) is 3.74. The van der Waals surface area contributed by atoms with Gasteiger partial charge in [-0.25, -0.2) is 0 Å². The standard InChI is InChI=1S/C14H22N2O2/c1-10(9-18-4)8-16-13-7-5-6-12(11(13)2)14(17)15-3/h5-7,10,16H,8-9H2,1-4H3,(H,15,17). The van der Waals surface area contributed by atoms with Crippen LogP contribution in [0.1, 0.15) is 22.8 Å². The number of nitrogens with one attached hydrogen (secondary N) is 2. The SMILES string of the molecule is CNC(=O)c1cccc(NCC(C)COC)c1C. The smallest absolute Gasteiger partial charge is 0.251 e. The van der Waals surface area contributed by atoms with Gasteiger partial charge in [-0.1, -0.05) is 13.0 Å². The van der Waals surface area contributed by atoms with E-state index in [0.29, 0.717) is 11.5 Å². The van der Waals surface area contributed by atoms with Gasteiger partial charge in [-0.3, -0.25) is 4.79 Å². The Morgan fingerprint density at radius 2 is 2.17 bits per heavy atom. The summed E-state index contributed by atoms with van der Waals surface area (Å²) < 4.78 is 5.10. The quantitative estimate of drug-likeness (QED) is 0.812. The van der Waals surface area contributed by atoms with Crippen LogP contribution in [0.5, 0.6) is 0 Å². The van der Waals surface area contributed by atoms with Crippen molar-refractivity contribution in [1.82, 2.24) is 5.32 Å². The second kappa shape index (κ2) is 7.01. The van der Waals surface area contributed by atoms with E-state index in [0.717, 1.165) is 24.4 Å². The lowest BCUT2D eigenvalue weighted by Crippen LogP contribution is -2.20. The highest BCUT2D eigenvalue weighted by Crippen LogP contribution is 2.19. The van der Waals surface area contributed by atoms with Gasteiger partial charge in [0.15, 0.2) is 0 Å². The first-order chi connectivity index (χ1) is 8.60. The maximum Gasteiger partial charge on any atom is 0.251 e. The van der Waals surface area contributed by atoms with Crippen molar-refractivity contribution in [3.05, 3.63) is 29.3 Å². The molecule has 0 aliphatic rings. The number of amides is 1.